The van der Waals surface area contributed by atoms with Gasteiger partial charge in [0.2, 0.25) is 0 Å². The van der Waals surface area contributed by atoms with Gasteiger partial charge >= 0.3 is 0 Å². The van der Waals surface area contributed by atoms with E-state index in [0.717, 1.165) is 28.8 Å². The molecule has 24 heavy (non-hydrogen) atoms. The molecule has 0 atom stereocenters. The van der Waals surface area contributed by atoms with Crippen molar-refractivity contribution in [2.45, 2.75) is 13.3 Å². The van der Waals surface area contributed by atoms with Crippen molar-refractivity contribution >= 4 is 17.7 Å². The van der Waals surface area contributed by atoms with Crippen LogP contribution in [0.4, 0.5) is 0 Å². The lowest BCUT2D eigenvalue weighted by atomic mass is 9.98. The molecule has 116 valence electrons. The van der Waals surface area contributed by atoms with E-state index in [1.54, 1.807) is 6.08 Å². The molecule has 3 heteroatoms. The summed E-state index contributed by atoms with van der Waals surface area (Å²) in [5.41, 5.74) is 7.89. The molecule has 0 spiro atoms. The van der Waals surface area contributed by atoms with Gasteiger partial charge in [-0.05, 0) is 24.1 Å². The highest BCUT2D eigenvalue weighted by atomic mass is 16.1. The van der Waals surface area contributed by atoms with Crippen LogP contribution in [0.2, 0.25) is 0 Å². The SMILES string of the molecule is CC1=CC=C(C=O)C(=NN=C2c3ccccc3-c3ccccc32)C1. The van der Waals surface area contributed by atoms with Gasteiger partial charge in [0.1, 0.15) is 5.71 Å². The second kappa shape index (κ2) is 5.85. The molecule has 0 saturated carbocycles. The Kier molecular flexibility index (Phi) is 3.54. The van der Waals surface area contributed by atoms with Crippen molar-refractivity contribution in [2.75, 3.05) is 0 Å². The molecule has 0 aromatic heterocycles. The lowest BCUT2D eigenvalue weighted by molar-refractivity contribution is -0.104. The van der Waals surface area contributed by atoms with Gasteiger partial charge in [-0.25, -0.2) is 0 Å². The summed E-state index contributed by atoms with van der Waals surface area (Å²) in [6.45, 7) is 2.03. The first kappa shape index (κ1) is 14.5. The minimum Gasteiger partial charge on any atom is -0.298 e. The minimum absolute atomic E-state index is 0.601. The zero-order valence-corrected chi connectivity index (χ0v) is 13.4. The number of fused-ring (bicyclic) bond motifs is 3. The van der Waals surface area contributed by atoms with E-state index in [9.17, 15) is 4.79 Å². The smallest absolute Gasteiger partial charge is 0.151 e. The maximum atomic E-state index is 11.2. The number of carbonyl (C=O) groups excluding carboxylic acids is 1. The molecular formula is C21H16N2O. The van der Waals surface area contributed by atoms with E-state index in [-0.39, 0.29) is 0 Å². The number of hydrogen-bond donors (Lipinski definition) is 0. The van der Waals surface area contributed by atoms with Gasteiger partial charge in [0.05, 0.1) is 5.71 Å². The van der Waals surface area contributed by atoms with Crippen LogP contribution < -0.4 is 0 Å². The second-order valence-electron chi connectivity index (χ2n) is 6.02. The Bertz CT molecular complexity index is 914. The summed E-state index contributed by atoms with van der Waals surface area (Å²) in [5.74, 6) is 0. The standard InChI is InChI=1S/C21H16N2O/c1-14-10-11-15(13-24)20(12-14)22-23-21-18-8-4-2-6-16(18)17-7-3-5-9-19(17)21/h2-11,13H,12H2,1H3. The molecule has 2 aromatic carbocycles. The van der Waals surface area contributed by atoms with Crippen LogP contribution in [0.1, 0.15) is 24.5 Å². The number of nitrogens with zero attached hydrogens (tertiary/aromatic N) is 2. The Morgan fingerprint density at radius 2 is 1.42 bits per heavy atom. The predicted molar refractivity (Wildman–Crippen MR) is 97.5 cm³/mol. The molecule has 0 bridgehead atoms. The van der Waals surface area contributed by atoms with E-state index in [1.807, 2.05) is 37.3 Å². The summed E-state index contributed by atoms with van der Waals surface area (Å²) in [6, 6.07) is 16.4. The molecule has 0 aliphatic heterocycles. The zero-order chi connectivity index (χ0) is 16.5. The molecule has 0 unspecified atom stereocenters. The molecule has 4 rings (SSSR count). The lowest BCUT2D eigenvalue weighted by Crippen LogP contribution is -2.08. The van der Waals surface area contributed by atoms with Gasteiger partial charge in [-0.3, -0.25) is 4.79 Å². The normalized spacial score (nSPS) is 17.0. The third-order valence-corrected chi connectivity index (χ3v) is 4.38. The van der Waals surface area contributed by atoms with Crippen molar-refractivity contribution in [3.8, 4) is 11.1 Å². The Labute approximate surface area is 140 Å². The number of hydrogen-bond acceptors (Lipinski definition) is 3. The van der Waals surface area contributed by atoms with E-state index < -0.39 is 0 Å². The average molecular weight is 312 g/mol. The Morgan fingerprint density at radius 1 is 0.833 bits per heavy atom. The molecule has 0 amide bonds. The van der Waals surface area contributed by atoms with Crippen molar-refractivity contribution in [3.63, 3.8) is 0 Å². The molecule has 0 heterocycles. The van der Waals surface area contributed by atoms with Crippen molar-refractivity contribution < 1.29 is 4.79 Å². The van der Waals surface area contributed by atoms with Crippen molar-refractivity contribution in [1.29, 1.82) is 0 Å². The Balaban J connectivity index is 1.84. The first-order chi connectivity index (χ1) is 11.8. The summed E-state index contributed by atoms with van der Waals surface area (Å²) in [7, 11) is 0. The zero-order valence-electron chi connectivity index (χ0n) is 13.4. The molecular weight excluding hydrogens is 296 g/mol. The van der Waals surface area contributed by atoms with E-state index in [4.69, 9.17) is 0 Å². The molecule has 0 N–H and O–H groups in total. The fraction of sp³-hybridized carbons (Fsp3) is 0.0952. The fourth-order valence-corrected chi connectivity index (χ4v) is 3.17. The van der Waals surface area contributed by atoms with E-state index >= 15 is 0 Å². The summed E-state index contributed by atoms with van der Waals surface area (Å²) in [5, 5.41) is 8.97. The highest BCUT2D eigenvalue weighted by Crippen LogP contribution is 2.36. The van der Waals surface area contributed by atoms with Gasteiger partial charge in [-0.2, -0.15) is 5.10 Å². The van der Waals surface area contributed by atoms with Crippen LogP contribution >= 0.6 is 0 Å². The summed E-state index contributed by atoms with van der Waals surface area (Å²) in [4.78, 5) is 11.2. The minimum atomic E-state index is 0.601. The molecule has 3 nitrogen and oxygen atoms in total. The number of aldehydes is 1. The topological polar surface area (TPSA) is 41.8 Å². The average Bonchev–Trinajstić information content (AvgIpc) is 2.94. The van der Waals surface area contributed by atoms with Crippen LogP contribution in [0.15, 0.2) is 82.0 Å². The fourth-order valence-electron chi connectivity index (χ4n) is 3.17. The second-order valence-corrected chi connectivity index (χ2v) is 6.02. The number of rotatable bonds is 2. The molecule has 2 aliphatic rings. The van der Waals surface area contributed by atoms with Gasteiger partial charge in [0, 0.05) is 23.1 Å². The molecule has 0 fully saturated rings. The molecule has 2 aromatic rings. The summed E-state index contributed by atoms with van der Waals surface area (Å²) < 4.78 is 0. The Morgan fingerprint density at radius 3 is 2.00 bits per heavy atom. The number of benzene rings is 2. The van der Waals surface area contributed by atoms with Gasteiger partial charge in [0.25, 0.3) is 0 Å². The van der Waals surface area contributed by atoms with Gasteiger partial charge in [0.15, 0.2) is 6.29 Å². The number of carbonyl (C=O) groups is 1. The number of allylic oxidation sites excluding steroid dienone is 4. The van der Waals surface area contributed by atoms with Crippen LogP contribution in [-0.2, 0) is 4.79 Å². The maximum absolute atomic E-state index is 11.2. The van der Waals surface area contributed by atoms with Crippen molar-refractivity contribution in [1.82, 2.24) is 0 Å². The van der Waals surface area contributed by atoms with Crippen LogP contribution in [0.3, 0.4) is 0 Å². The van der Waals surface area contributed by atoms with Crippen LogP contribution in [0.25, 0.3) is 11.1 Å². The maximum Gasteiger partial charge on any atom is 0.151 e. The van der Waals surface area contributed by atoms with Crippen molar-refractivity contribution in [2.24, 2.45) is 10.2 Å². The molecule has 0 saturated heterocycles. The molecule has 0 radical (unpaired) electrons. The van der Waals surface area contributed by atoms with Crippen LogP contribution in [-0.4, -0.2) is 17.7 Å². The van der Waals surface area contributed by atoms with Crippen molar-refractivity contribution in [3.05, 3.63) is 83.0 Å². The monoisotopic (exact) mass is 312 g/mol. The van der Waals surface area contributed by atoms with Crippen LogP contribution in [0.5, 0.6) is 0 Å². The van der Waals surface area contributed by atoms with Crippen LogP contribution in [0, 0.1) is 0 Å². The van der Waals surface area contributed by atoms with Gasteiger partial charge < -0.3 is 0 Å². The van der Waals surface area contributed by atoms with Gasteiger partial charge in [-0.1, -0.05) is 60.2 Å². The van der Waals surface area contributed by atoms with E-state index in [2.05, 4.69) is 34.5 Å². The largest absolute Gasteiger partial charge is 0.298 e. The predicted octanol–water partition coefficient (Wildman–Crippen LogP) is 4.34. The Hall–Kier alpha value is -3.07. The lowest BCUT2D eigenvalue weighted by Gasteiger charge is -2.09. The third-order valence-electron chi connectivity index (χ3n) is 4.38. The highest BCUT2D eigenvalue weighted by Gasteiger charge is 2.24. The van der Waals surface area contributed by atoms with E-state index in [1.165, 1.54) is 16.7 Å². The first-order valence-corrected chi connectivity index (χ1v) is 7.94. The van der Waals surface area contributed by atoms with E-state index in [0.29, 0.717) is 12.0 Å². The summed E-state index contributed by atoms with van der Waals surface area (Å²) >= 11 is 0. The van der Waals surface area contributed by atoms with Gasteiger partial charge in [-0.15, -0.1) is 5.10 Å². The highest BCUT2D eigenvalue weighted by molar-refractivity contribution is 6.25. The summed E-state index contributed by atoms with van der Waals surface area (Å²) in [6.07, 6.45) is 5.26. The third kappa shape index (κ3) is 2.35. The first-order valence-electron chi connectivity index (χ1n) is 7.94. The molecule has 2 aliphatic carbocycles. The quantitative estimate of drug-likeness (QED) is 0.513.